The molecule has 0 aliphatic rings. The molecule has 0 radical (unpaired) electrons. The smallest absolute Gasteiger partial charge is 0.282 e. The molecular formula is C12H12F2N4O2S. The van der Waals surface area contributed by atoms with E-state index >= 15 is 0 Å². The summed E-state index contributed by atoms with van der Waals surface area (Å²) in [4.78, 5) is 10.2. The zero-order chi connectivity index (χ0) is 15.4. The lowest BCUT2D eigenvalue weighted by Gasteiger charge is -2.00. The van der Waals surface area contributed by atoms with Crippen molar-refractivity contribution in [3.63, 3.8) is 0 Å². The molecule has 0 spiro atoms. The van der Waals surface area contributed by atoms with E-state index in [1.165, 1.54) is 0 Å². The zero-order valence-electron chi connectivity index (χ0n) is 11.1. The van der Waals surface area contributed by atoms with Gasteiger partial charge in [0.2, 0.25) is 0 Å². The van der Waals surface area contributed by atoms with E-state index in [0.29, 0.717) is 17.5 Å². The van der Waals surface area contributed by atoms with Gasteiger partial charge in [0, 0.05) is 6.42 Å². The minimum Gasteiger partial charge on any atom is -0.320 e. The van der Waals surface area contributed by atoms with E-state index in [-0.39, 0.29) is 10.6 Å². The lowest BCUT2D eigenvalue weighted by molar-refractivity contribution is -0.384. The van der Waals surface area contributed by atoms with Crippen molar-refractivity contribution in [3.8, 4) is 10.6 Å². The number of benzene rings is 1. The molecule has 1 aromatic heterocycles. The second-order valence-corrected chi connectivity index (χ2v) is 5.31. The van der Waals surface area contributed by atoms with Gasteiger partial charge in [-0.2, -0.15) is 0 Å². The molecule has 0 aliphatic carbocycles. The number of halogens is 2. The molecule has 1 N–H and O–H groups in total. The van der Waals surface area contributed by atoms with E-state index in [4.69, 9.17) is 0 Å². The molecule has 0 saturated heterocycles. The van der Waals surface area contributed by atoms with Crippen molar-refractivity contribution in [2.24, 2.45) is 0 Å². The normalized spacial score (nSPS) is 10.8. The molecule has 2 aromatic rings. The molecule has 9 heteroatoms. The number of rotatable bonds is 6. The van der Waals surface area contributed by atoms with Crippen LogP contribution in [-0.2, 0) is 6.42 Å². The molecular weight excluding hydrogens is 302 g/mol. The molecule has 0 aliphatic heterocycles. The first-order valence-corrected chi connectivity index (χ1v) is 6.95. The van der Waals surface area contributed by atoms with E-state index in [0.717, 1.165) is 30.4 Å². The Morgan fingerprint density at radius 2 is 2.05 bits per heavy atom. The minimum absolute atomic E-state index is 0.0590. The van der Waals surface area contributed by atoms with Crippen LogP contribution in [0.5, 0.6) is 0 Å². The van der Waals surface area contributed by atoms with E-state index in [9.17, 15) is 18.9 Å². The lowest BCUT2D eigenvalue weighted by atomic mass is 10.2. The number of nitro groups is 1. The summed E-state index contributed by atoms with van der Waals surface area (Å²) >= 11 is 1.14. The molecule has 0 saturated carbocycles. The average molecular weight is 314 g/mol. The summed E-state index contributed by atoms with van der Waals surface area (Å²) in [5, 5.41) is 22.6. The van der Waals surface area contributed by atoms with Gasteiger partial charge in [0.1, 0.15) is 5.01 Å². The molecule has 2 rings (SSSR count). The van der Waals surface area contributed by atoms with Crippen LogP contribution in [0, 0.1) is 21.7 Å². The number of nitrogens with one attached hydrogen (secondary N) is 1. The fourth-order valence-electron chi connectivity index (χ4n) is 1.74. The second kappa shape index (κ2) is 6.64. The van der Waals surface area contributed by atoms with Gasteiger partial charge >= 0.3 is 0 Å². The highest BCUT2D eigenvalue weighted by Gasteiger charge is 2.22. The summed E-state index contributed by atoms with van der Waals surface area (Å²) in [5.74, 6) is -2.41. The Kier molecular flexibility index (Phi) is 4.86. The van der Waals surface area contributed by atoms with Gasteiger partial charge in [-0.05, 0) is 26.1 Å². The van der Waals surface area contributed by atoms with Crippen molar-refractivity contribution in [2.75, 3.05) is 13.6 Å². The minimum atomic E-state index is -1.26. The van der Waals surface area contributed by atoms with Gasteiger partial charge in [0.05, 0.1) is 16.6 Å². The Hall–Kier alpha value is -2.00. The third-order valence-electron chi connectivity index (χ3n) is 2.75. The molecule has 1 heterocycles. The summed E-state index contributed by atoms with van der Waals surface area (Å²) in [6, 6.07) is 1.35. The van der Waals surface area contributed by atoms with Crippen LogP contribution in [0.15, 0.2) is 12.1 Å². The highest BCUT2D eigenvalue weighted by molar-refractivity contribution is 7.14. The van der Waals surface area contributed by atoms with Crippen molar-refractivity contribution in [2.45, 2.75) is 12.8 Å². The first-order valence-electron chi connectivity index (χ1n) is 6.13. The maximum atomic E-state index is 13.3. The molecule has 21 heavy (non-hydrogen) atoms. The van der Waals surface area contributed by atoms with Crippen LogP contribution in [0.3, 0.4) is 0 Å². The average Bonchev–Trinajstić information content (AvgIpc) is 2.90. The highest BCUT2D eigenvalue weighted by atomic mass is 32.1. The van der Waals surface area contributed by atoms with Gasteiger partial charge in [0.25, 0.3) is 5.69 Å². The Bertz CT molecular complexity index is 663. The van der Waals surface area contributed by atoms with E-state index < -0.39 is 22.2 Å². The van der Waals surface area contributed by atoms with Gasteiger partial charge in [-0.15, -0.1) is 10.2 Å². The van der Waals surface area contributed by atoms with E-state index in [1.54, 1.807) is 0 Å². The van der Waals surface area contributed by atoms with Crippen LogP contribution in [0.2, 0.25) is 0 Å². The quantitative estimate of drug-likeness (QED) is 0.503. The maximum Gasteiger partial charge on any atom is 0.282 e. The van der Waals surface area contributed by atoms with Gasteiger partial charge < -0.3 is 5.32 Å². The third kappa shape index (κ3) is 3.56. The van der Waals surface area contributed by atoms with Gasteiger partial charge in [-0.1, -0.05) is 11.3 Å². The number of hydrogen-bond acceptors (Lipinski definition) is 6. The molecule has 0 unspecified atom stereocenters. The molecule has 0 bridgehead atoms. The van der Waals surface area contributed by atoms with Crippen molar-refractivity contribution >= 4 is 17.0 Å². The fraction of sp³-hybridized carbons (Fsp3) is 0.333. The maximum absolute atomic E-state index is 13.3. The third-order valence-corrected chi connectivity index (χ3v) is 3.77. The molecule has 6 nitrogen and oxygen atoms in total. The van der Waals surface area contributed by atoms with Crippen LogP contribution >= 0.6 is 11.3 Å². The van der Waals surface area contributed by atoms with Gasteiger partial charge in [0.15, 0.2) is 16.6 Å². The summed E-state index contributed by atoms with van der Waals surface area (Å²) in [6.45, 7) is 0.806. The molecule has 1 aromatic carbocycles. The standard InChI is InChI=1S/C12H12F2N4O2S/c1-15-4-2-3-11-16-17-12(21-11)7-5-8(13)9(14)6-10(7)18(19)20/h5-6,15H,2-4H2,1H3. The zero-order valence-corrected chi connectivity index (χ0v) is 11.9. The first kappa shape index (κ1) is 15.4. The van der Waals surface area contributed by atoms with Crippen LogP contribution in [0.1, 0.15) is 11.4 Å². The fourth-order valence-corrected chi connectivity index (χ4v) is 2.64. The number of nitro benzene ring substituents is 1. The monoisotopic (exact) mass is 314 g/mol. The Morgan fingerprint density at radius 1 is 1.33 bits per heavy atom. The van der Waals surface area contributed by atoms with Crippen LogP contribution in [0.4, 0.5) is 14.5 Å². The van der Waals surface area contributed by atoms with Crippen molar-refractivity contribution in [1.29, 1.82) is 0 Å². The predicted molar refractivity (Wildman–Crippen MR) is 74.2 cm³/mol. The predicted octanol–water partition coefficient (Wildman–Crippen LogP) is 2.54. The number of nitrogens with zero attached hydrogens (tertiary/aromatic N) is 3. The summed E-state index contributed by atoms with van der Waals surface area (Å²) in [5.41, 5.74) is -0.580. The van der Waals surface area contributed by atoms with Crippen LogP contribution in [0.25, 0.3) is 10.6 Å². The second-order valence-electron chi connectivity index (χ2n) is 4.25. The van der Waals surface area contributed by atoms with Crippen molar-refractivity contribution in [1.82, 2.24) is 15.5 Å². The van der Waals surface area contributed by atoms with Gasteiger partial charge in [-0.25, -0.2) is 8.78 Å². The topological polar surface area (TPSA) is 81.0 Å². The SMILES string of the molecule is CNCCCc1nnc(-c2cc(F)c(F)cc2[N+](=O)[O-])s1. The first-order chi connectivity index (χ1) is 10.0. The summed E-state index contributed by atoms with van der Waals surface area (Å²) < 4.78 is 26.4. The molecule has 0 amide bonds. The molecule has 0 fully saturated rings. The largest absolute Gasteiger partial charge is 0.320 e. The number of hydrogen-bond donors (Lipinski definition) is 1. The number of aryl methyl sites for hydroxylation is 1. The summed E-state index contributed by atoms with van der Waals surface area (Å²) in [6.07, 6.45) is 1.50. The van der Waals surface area contributed by atoms with E-state index in [1.807, 2.05) is 7.05 Å². The highest BCUT2D eigenvalue weighted by Crippen LogP contribution is 2.33. The Labute approximate surface area is 123 Å². The molecule has 0 atom stereocenters. The van der Waals surface area contributed by atoms with Gasteiger partial charge in [-0.3, -0.25) is 10.1 Å². The Balaban J connectivity index is 2.33. The lowest BCUT2D eigenvalue weighted by Crippen LogP contribution is -2.08. The van der Waals surface area contributed by atoms with Crippen molar-refractivity contribution in [3.05, 3.63) is 38.9 Å². The van der Waals surface area contributed by atoms with Crippen molar-refractivity contribution < 1.29 is 13.7 Å². The molecule has 112 valence electrons. The number of aromatic nitrogens is 2. The Morgan fingerprint density at radius 3 is 2.71 bits per heavy atom. The van der Waals surface area contributed by atoms with E-state index in [2.05, 4.69) is 15.5 Å². The van der Waals surface area contributed by atoms with Crippen LogP contribution < -0.4 is 5.32 Å². The summed E-state index contributed by atoms with van der Waals surface area (Å²) in [7, 11) is 1.83. The van der Waals surface area contributed by atoms with Crippen LogP contribution in [-0.4, -0.2) is 28.7 Å².